The zero-order chi connectivity index (χ0) is 19.6. The number of pyridine rings is 1. The average molecular weight is 369 g/mol. The number of hydrogen-bond acceptors (Lipinski definition) is 5. The van der Waals surface area contributed by atoms with Crippen LogP contribution in [0.3, 0.4) is 0 Å². The van der Waals surface area contributed by atoms with Gasteiger partial charge in [0, 0.05) is 18.9 Å². The number of ether oxygens (including phenoxy) is 2. The van der Waals surface area contributed by atoms with Crippen molar-refractivity contribution in [3.63, 3.8) is 0 Å². The molecule has 6 heteroatoms. The normalized spacial score (nSPS) is 10.9. The molecule has 0 atom stereocenters. The van der Waals surface area contributed by atoms with E-state index >= 15 is 0 Å². The number of carbonyl (C=O) groups excluding carboxylic acids is 1. The lowest BCUT2D eigenvalue weighted by molar-refractivity contribution is 0.102. The molecule has 3 N–H and O–H groups in total. The Kier molecular flexibility index (Phi) is 7.82. The Labute approximate surface area is 160 Å². The summed E-state index contributed by atoms with van der Waals surface area (Å²) in [6.07, 6.45) is 6.24. The number of nitrogens with zero attached hydrogens (tertiary/aromatic N) is 1. The molecule has 27 heavy (non-hydrogen) atoms. The largest absolute Gasteiger partial charge is 0.489 e. The van der Waals surface area contributed by atoms with Crippen LogP contribution in [0, 0.1) is 6.92 Å². The lowest BCUT2D eigenvalue weighted by Crippen LogP contribution is -2.16. The first-order valence-corrected chi connectivity index (χ1v) is 8.99. The highest BCUT2D eigenvalue weighted by Crippen LogP contribution is 2.20. The number of rotatable bonds is 9. The molecule has 0 aliphatic heterocycles. The van der Waals surface area contributed by atoms with Gasteiger partial charge in [0.05, 0.1) is 17.9 Å². The van der Waals surface area contributed by atoms with Crippen molar-refractivity contribution in [1.29, 1.82) is 0 Å². The van der Waals surface area contributed by atoms with Crippen LogP contribution in [-0.4, -0.2) is 24.6 Å². The number of aryl methyl sites for hydroxylation is 1. The minimum atomic E-state index is -0.313. The van der Waals surface area contributed by atoms with Crippen molar-refractivity contribution in [2.45, 2.75) is 33.3 Å². The molecule has 0 aliphatic carbocycles. The van der Waals surface area contributed by atoms with Crippen LogP contribution >= 0.6 is 0 Å². The number of allylic oxidation sites excluding steroid dienone is 1. The van der Waals surface area contributed by atoms with Crippen LogP contribution in [0.1, 0.15) is 41.4 Å². The lowest BCUT2D eigenvalue weighted by Gasteiger charge is -2.12. The maximum atomic E-state index is 12.6. The van der Waals surface area contributed by atoms with Gasteiger partial charge in [0.15, 0.2) is 0 Å². The molecule has 0 saturated carbocycles. The summed E-state index contributed by atoms with van der Waals surface area (Å²) in [4.78, 5) is 16.9. The Bertz CT molecular complexity index is 803. The SMILES string of the molecule is CCCC=CCOc1cccc(NC(=O)c2cc(C)c(COC)nc2N)c1. The van der Waals surface area contributed by atoms with Crippen LogP contribution in [-0.2, 0) is 11.3 Å². The van der Waals surface area contributed by atoms with Crippen LogP contribution in [0.15, 0.2) is 42.5 Å². The van der Waals surface area contributed by atoms with Gasteiger partial charge in [-0.3, -0.25) is 4.79 Å². The number of nitrogens with two attached hydrogens (primary N) is 1. The van der Waals surface area contributed by atoms with Gasteiger partial charge in [0.25, 0.3) is 5.91 Å². The van der Waals surface area contributed by atoms with Gasteiger partial charge in [-0.15, -0.1) is 0 Å². The molecule has 0 unspecified atom stereocenters. The second kappa shape index (κ2) is 10.3. The molecule has 1 aromatic carbocycles. The Morgan fingerprint density at radius 3 is 2.85 bits per heavy atom. The number of benzene rings is 1. The van der Waals surface area contributed by atoms with Crippen LogP contribution in [0.25, 0.3) is 0 Å². The number of anilines is 2. The quantitative estimate of drug-likeness (QED) is 0.650. The molecule has 0 bridgehead atoms. The second-order valence-electron chi connectivity index (χ2n) is 6.17. The van der Waals surface area contributed by atoms with E-state index in [1.54, 1.807) is 25.3 Å². The van der Waals surface area contributed by atoms with Gasteiger partial charge in [-0.05, 0) is 37.1 Å². The van der Waals surface area contributed by atoms with E-state index in [9.17, 15) is 4.79 Å². The summed E-state index contributed by atoms with van der Waals surface area (Å²) in [5.41, 5.74) is 8.49. The molecular formula is C21H27N3O3. The maximum absolute atomic E-state index is 12.6. The van der Waals surface area contributed by atoms with Crippen molar-refractivity contribution in [2.75, 3.05) is 24.8 Å². The number of carbonyl (C=O) groups is 1. The Hall–Kier alpha value is -2.86. The maximum Gasteiger partial charge on any atom is 0.259 e. The summed E-state index contributed by atoms with van der Waals surface area (Å²) in [5, 5.41) is 2.84. The van der Waals surface area contributed by atoms with Crippen molar-refractivity contribution in [2.24, 2.45) is 0 Å². The summed E-state index contributed by atoms with van der Waals surface area (Å²) >= 11 is 0. The van der Waals surface area contributed by atoms with Crippen LogP contribution in [0.4, 0.5) is 11.5 Å². The number of hydrogen-bond donors (Lipinski definition) is 2. The molecule has 0 radical (unpaired) electrons. The number of nitrogens with one attached hydrogen (secondary N) is 1. The van der Waals surface area contributed by atoms with Crippen molar-refractivity contribution in [3.05, 3.63) is 59.3 Å². The van der Waals surface area contributed by atoms with Crippen molar-refractivity contribution in [3.8, 4) is 5.75 Å². The number of unbranched alkanes of at least 4 members (excludes halogenated alkanes) is 1. The standard InChI is InChI=1S/C21H27N3O3/c1-4-5-6-7-11-27-17-10-8-9-16(13-17)23-21(25)18-12-15(2)19(14-26-3)24-20(18)22/h6-10,12-13H,4-5,11,14H2,1-3H3,(H2,22,24)(H,23,25). The second-order valence-corrected chi connectivity index (χ2v) is 6.17. The molecule has 2 aromatic rings. The molecule has 0 spiro atoms. The predicted octanol–water partition coefficient (Wildman–Crippen LogP) is 4.11. The van der Waals surface area contributed by atoms with Crippen molar-refractivity contribution >= 4 is 17.4 Å². The zero-order valence-corrected chi connectivity index (χ0v) is 16.1. The Morgan fingerprint density at radius 1 is 1.30 bits per heavy atom. The monoisotopic (exact) mass is 369 g/mol. The van der Waals surface area contributed by atoms with Gasteiger partial charge < -0.3 is 20.5 Å². The molecule has 0 saturated heterocycles. The van der Waals surface area contributed by atoms with E-state index in [0.29, 0.717) is 30.2 Å². The van der Waals surface area contributed by atoms with E-state index in [0.717, 1.165) is 24.1 Å². The molecule has 2 rings (SSSR count). The minimum absolute atomic E-state index is 0.179. The Balaban J connectivity index is 2.05. The van der Waals surface area contributed by atoms with Crippen LogP contribution in [0.5, 0.6) is 5.75 Å². The van der Waals surface area contributed by atoms with Crippen molar-refractivity contribution < 1.29 is 14.3 Å². The molecular weight excluding hydrogens is 342 g/mol. The van der Waals surface area contributed by atoms with Gasteiger partial charge >= 0.3 is 0 Å². The fourth-order valence-electron chi connectivity index (χ4n) is 2.49. The first kappa shape index (κ1) is 20.5. The summed E-state index contributed by atoms with van der Waals surface area (Å²) in [6.45, 7) is 4.85. The molecule has 6 nitrogen and oxygen atoms in total. The van der Waals surface area contributed by atoms with Gasteiger partial charge in [-0.2, -0.15) is 0 Å². The summed E-state index contributed by atoms with van der Waals surface area (Å²) in [5.74, 6) is 0.553. The number of amides is 1. The third-order valence-electron chi connectivity index (χ3n) is 3.93. The van der Waals surface area contributed by atoms with E-state index in [1.807, 2.05) is 25.1 Å². The summed E-state index contributed by atoms with van der Waals surface area (Å²) in [6, 6.07) is 8.98. The molecule has 1 aromatic heterocycles. The number of aromatic nitrogens is 1. The summed E-state index contributed by atoms with van der Waals surface area (Å²) in [7, 11) is 1.59. The fraction of sp³-hybridized carbons (Fsp3) is 0.333. The molecule has 144 valence electrons. The number of methoxy groups -OCH3 is 1. The third kappa shape index (κ3) is 6.11. The van der Waals surface area contributed by atoms with Crippen LogP contribution in [0.2, 0.25) is 0 Å². The molecule has 1 amide bonds. The zero-order valence-electron chi connectivity index (χ0n) is 16.1. The smallest absolute Gasteiger partial charge is 0.259 e. The Morgan fingerprint density at radius 2 is 2.11 bits per heavy atom. The van der Waals surface area contributed by atoms with Crippen LogP contribution < -0.4 is 15.8 Å². The highest BCUT2D eigenvalue weighted by Gasteiger charge is 2.14. The average Bonchev–Trinajstić information content (AvgIpc) is 2.64. The topological polar surface area (TPSA) is 86.5 Å². The first-order valence-electron chi connectivity index (χ1n) is 8.99. The van der Waals surface area contributed by atoms with Crippen molar-refractivity contribution in [1.82, 2.24) is 4.98 Å². The highest BCUT2D eigenvalue weighted by molar-refractivity contribution is 6.07. The lowest BCUT2D eigenvalue weighted by atomic mass is 10.1. The predicted molar refractivity (Wildman–Crippen MR) is 108 cm³/mol. The molecule has 0 aliphatic rings. The van der Waals surface area contributed by atoms with E-state index in [1.165, 1.54) is 0 Å². The molecule has 1 heterocycles. The van der Waals surface area contributed by atoms with Gasteiger partial charge in [-0.25, -0.2) is 4.98 Å². The molecule has 0 fully saturated rings. The summed E-state index contributed by atoms with van der Waals surface area (Å²) < 4.78 is 10.8. The van der Waals surface area contributed by atoms with Gasteiger partial charge in [0.2, 0.25) is 0 Å². The number of nitrogen functional groups attached to an aromatic ring is 1. The minimum Gasteiger partial charge on any atom is -0.489 e. The van der Waals surface area contributed by atoms with Gasteiger partial charge in [-0.1, -0.05) is 31.6 Å². The van der Waals surface area contributed by atoms with E-state index in [-0.39, 0.29) is 11.7 Å². The van der Waals surface area contributed by atoms with Gasteiger partial charge in [0.1, 0.15) is 18.2 Å². The van der Waals surface area contributed by atoms with E-state index < -0.39 is 0 Å². The first-order chi connectivity index (χ1) is 13.0. The van der Waals surface area contributed by atoms with E-state index in [4.69, 9.17) is 15.2 Å². The van der Waals surface area contributed by atoms with E-state index in [2.05, 4.69) is 23.3 Å². The third-order valence-corrected chi connectivity index (χ3v) is 3.93. The fourth-order valence-corrected chi connectivity index (χ4v) is 2.49. The highest BCUT2D eigenvalue weighted by atomic mass is 16.5.